The van der Waals surface area contributed by atoms with E-state index in [4.69, 9.17) is 0 Å². The molecule has 1 aliphatic carbocycles. The molecular weight excluding hydrogens is 160 g/mol. The summed E-state index contributed by atoms with van der Waals surface area (Å²) < 4.78 is 0. The van der Waals surface area contributed by atoms with Gasteiger partial charge in [-0.05, 0) is 38.1 Å². The van der Waals surface area contributed by atoms with Crippen molar-refractivity contribution in [1.29, 1.82) is 0 Å². The van der Waals surface area contributed by atoms with Crippen molar-refractivity contribution in [3.63, 3.8) is 0 Å². The predicted octanol–water partition coefficient (Wildman–Crippen LogP) is 1.52. The standard InChI is InChI=1S/C11H22N2/c1-9-6-11(7-9)13-8-10-4-2-3-5-12-10/h9-13H,2-8H2,1H3/t9?,10-,11?/m1/s1. The minimum absolute atomic E-state index is 0.754. The molecule has 0 aromatic heterocycles. The molecule has 13 heavy (non-hydrogen) atoms. The van der Waals surface area contributed by atoms with Crippen LogP contribution in [-0.2, 0) is 0 Å². The van der Waals surface area contributed by atoms with Crippen molar-refractivity contribution >= 4 is 0 Å². The van der Waals surface area contributed by atoms with E-state index >= 15 is 0 Å². The zero-order chi connectivity index (χ0) is 9.10. The molecule has 76 valence electrons. The Morgan fingerprint density at radius 2 is 2.15 bits per heavy atom. The lowest BCUT2D eigenvalue weighted by atomic mass is 9.82. The zero-order valence-electron chi connectivity index (χ0n) is 8.68. The molecule has 1 heterocycles. The van der Waals surface area contributed by atoms with Gasteiger partial charge in [0.1, 0.15) is 0 Å². The Bertz CT molecular complexity index is 146. The van der Waals surface area contributed by atoms with Gasteiger partial charge < -0.3 is 10.6 Å². The number of nitrogens with one attached hydrogen (secondary N) is 2. The minimum atomic E-state index is 0.754. The lowest BCUT2D eigenvalue weighted by Gasteiger charge is -2.35. The van der Waals surface area contributed by atoms with Crippen LogP contribution in [0.25, 0.3) is 0 Å². The highest BCUT2D eigenvalue weighted by atomic mass is 15.0. The first-order valence-corrected chi connectivity index (χ1v) is 5.81. The smallest absolute Gasteiger partial charge is 0.0192 e. The van der Waals surface area contributed by atoms with Crippen LogP contribution in [0, 0.1) is 5.92 Å². The molecule has 1 saturated carbocycles. The Hall–Kier alpha value is -0.0800. The van der Waals surface area contributed by atoms with Crippen LogP contribution >= 0.6 is 0 Å². The Balaban J connectivity index is 1.56. The predicted molar refractivity (Wildman–Crippen MR) is 55.8 cm³/mol. The van der Waals surface area contributed by atoms with E-state index in [0.717, 1.165) is 18.0 Å². The van der Waals surface area contributed by atoms with E-state index in [2.05, 4.69) is 17.6 Å². The van der Waals surface area contributed by atoms with Crippen molar-refractivity contribution in [3.05, 3.63) is 0 Å². The largest absolute Gasteiger partial charge is 0.313 e. The van der Waals surface area contributed by atoms with Gasteiger partial charge in [-0.2, -0.15) is 0 Å². The molecule has 0 spiro atoms. The summed E-state index contributed by atoms with van der Waals surface area (Å²) >= 11 is 0. The molecule has 0 radical (unpaired) electrons. The van der Waals surface area contributed by atoms with E-state index in [-0.39, 0.29) is 0 Å². The van der Waals surface area contributed by atoms with Crippen molar-refractivity contribution in [1.82, 2.24) is 10.6 Å². The lowest BCUT2D eigenvalue weighted by molar-refractivity contribution is 0.229. The zero-order valence-corrected chi connectivity index (χ0v) is 8.68. The summed E-state index contributed by atoms with van der Waals surface area (Å²) in [5.41, 5.74) is 0. The molecule has 2 aliphatic rings. The summed E-state index contributed by atoms with van der Waals surface area (Å²) in [7, 11) is 0. The van der Waals surface area contributed by atoms with Crippen LogP contribution in [0.15, 0.2) is 0 Å². The maximum Gasteiger partial charge on any atom is 0.0192 e. The molecule has 2 fully saturated rings. The highest BCUT2D eigenvalue weighted by Crippen LogP contribution is 2.26. The highest BCUT2D eigenvalue weighted by molar-refractivity contribution is 4.84. The van der Waals surface area contributed by atoms with Crippen molar-refractivity contribution < 1.29 is 0 Å². The second kappa shape index (κ2) is 4.43. The number of piperidine rings is 1. The molecule has 1 atom stereocenters. The van der Waals surface area contributed by atoms with Crippen LogP contribution in [0.5, 0.6) is 0 Å². The fourth-order valence-electron chi connectivity index (χ4n) is 2.48. The van der Waals surface area contributed by atoms with Crippen molar-refractivity contribution in [3.8, 4) is 0 Å². The maximum absolute atomic E-state index is 3.66. The highest BCUT2D eigenvalue weighted by Gasteiger charge is 2.25. The van der Waals surface area contributed by atoms with Gasteiger partial charge >= 0.3 is 0 Å². The molecule has 0 unspecified atom stereocenters. The summed E-state index contributed by atoms with van der Waals surface area (Å²) in [6, 6.07) is 1.59. The third kappa shape index (κ3) is 2.68. The van der Waals surface area contributed by atoms with E-state index in [9.17, 15) is 0 Å². The lowest BCUT2D eigenvalue weighted by Crippen LogP contribution is -2.48. The monoisotopic (exact) mass is 182 g/mol. The molecule has 1 saturated heterocycles. The summed E-state index contributed by atoms with van der Waals surface area (Å²) in [6.07, 6.45) is 6.95. The van der Waals surface area contributed by atoms with Gasteiger partial charge in [-0.25, -0.2) is 0 Å². The Kier molecular flexibility index (Phi) is 3.23. The van der Waals surface area contributed by atoms with Gasteiger partial charge in [-0.3, -0.25) is 0 Å². The van der Waals surface area contributed by atoms with E-state index in [1.165, 1.54) is 45.2 Å². The van der Waals surface area contributed by atoms with E-state index < -0.39 is 0 Å². The minimum Gasteiger partial charge on any atom is -0.313 e. The number of hydrogen-bond acceptors (Lipinski definition) is 2. The third-order valence-corrected chi connectivity index (χ3v) is 3.44. The van der Waals surface area contributed by atoms with Crippen LogP contribution < -0.4 is 10.6 Å². The van der Waals surface area contributed by atoms with Gasteiger partial charge in [0.05, 0.1) is 0 Å². The Labute approximate surface area is 81.5 Å². The Morgan fingerprint density at radius 1 is 1.31 bits per heavy atom. The summed E-state index contributed by atoms with van der Waals surface area (Å²) in [6.45, 7) is 4.77. The molecule has 1 aliphatic heterocycles. The molecule has 2 rings (SSSR count). The molecule has 0 amide bonds. The topological polar surface area (TPSA) is 24.1 Å². The molecule has 2 heteroatoms. The molecule has 0 aromatic rings. The Morgan fingerprint density at radius 3 is 2.77 bits per heavy atom. The second-order valence-corrected chi connectivity index (χ2v) is 4.83. The van der Waals surface area contributed by atoms with Crippen LogP contribution in [0.1, 0.15) is 39.0 Å². The van der Waals surface area contributed by atoms with Crippen molar-refractivity contribution in [2.75, 3.05) is 13.1 Å². The van der Waals surface area contributed by atoms with E-state index in [1.54, 1.807) is 0 Å². The fraction of sp³-hybridized carbons (Fsp3) is 1.00. The average Bonchev–Trinajstić information content (AvgIpc) is 2.12. The van der Waals surface area contributed by atoms with Crippen LogP contribution in [0.4, 0.5) is 0 Å². The quantitative estimate of drug-likeness (QED) is 0.691. The molecular formula is C11H22N2. The van der Waals surface area contributed by atoms with Crippen molar-refractivity contribution in [2.24, 2.45) is 5.92 Å². The van der Waals surface area contributed by atoms with Crippen LogP contribution in [0.3, 0.4) is 0 Å². The van der Waals surface area contributed by atoms with Gasteiger partial charge in [0, 0.05) is 18.6 Å². The first kappa shape index (κ1) is 9.47. The van der Waals surface area contributed by atoms with Crippen LogP contribution in [-0.4, -0.2) is 25.2 Å². The first-order valence-electron chi connectivity index (χ1n) is 5.81. The maximum atomic E-state index is 3.66. The molecule has 2 N–H and O–H groups in total. The first-order chi connectivity index (χ1) is 6.34. The summed E-state index contributed by atoms with van der Waals surface area (Å²) in [5, 5.41) is 7.23. The summed E-state index contributed by atoms with van der Waals surface area (Å²) in [4.78, 5) is 0. The molecule has 0 bridgehead atoms. The summed E-state index contributed by atoms with van der Waals surface area (Å²) in [5.74, 6) is 0.969. The third-order valence-electron chi connectivity index (χ3n) is 3.44. The second-order valence-electron chi connectivity index (χ2n) is 4.83. The van der Waals surface area contributed by atoms with Gasteiger partial charge in [0.25, 0.3) is 0 Å². The SMILES string of the molecule is CC1CC(NC[C@H]2CCCCN2)C1. The van der Waals surface area contributed by atoms with Gasteiger partial charge in [-0.1, -0.05) is 13.3 Å². The average molecular weight is 182 g/mol. The van der Waals surface area contributed by atoms with Gasteiger partial charge in [0.15, 0.2) is 0 Å². The normalized spacial score (nSPS) is 39.9. The number of hydrogen-bond donors (Lipinski definition) is 2. The fourth-order valence-corrected chi connectivity index (χ4v) is 2.48. The molecule has 0 aromatic carbocycles. The van der Waals surface area contributed by atoms with Crippen LogP contribution in [0.2, 0.25) is 0 Å². The number of rotatable bonds is 3. The van der Waals surface area contributed by atoms with Crippen molar-refractivity contribution in [2.45, 2.75) is 51.1 Å². The van der Waals surface area contributed by atoms with E-state index in [1.807, 2.05) is 0 Å². The molecule has 2 nitrogen and oxygen atoms in total. The van der Waals surface area contributed by atoms with E-state index in [0.29, 0.717) is 0 Å². The van der Waals surface area contributed by atoms with Gasteiger partial charge in [0.2, 0.25) is 0 Å². The van der Waals surface area contributed by atoms with Gasteiger partial charge in [-0.15, -0.1) is 0 Å².